The Balaban J connectivity index is 0.000000187. The number of hydrogen-bond donors (Lipinski definition) is 0. The highest BCUT2D eigenvalue weighted by atomic mass is 32.2. The molecule has 146 heavy (non-hydrogen) atoms. The van der Waals surface area contributed by atoms with Crippen LogP contribution in [-0.2, 0) is 152 Å². The van der Waals surface area contributed by atoms with E-state index in [-0.39, 0.29) is 76.3 Å². The lowest BCUT2D eigenvalue weighted by atomic mass is 9.47. The second kappa shape index (κ2) is 50.6. The number of ether oxygens (including phenoxy) is 8. The van der Waals surface area contributed by atoms with Crippen LogP contribution in [0, 0.1) is 115 Å². The molecular formula is C111H176O29S6. The summed E-state index contributed by atoms with van der Waals surface area (Å²) in [5, 5.41) is -0.897. The Bertz CT molecular complexity index is 4910. The molecule has 12 bridgehead atoms. The quantitative estimate of drug-likeness (QED) is 0.0164. The van der Waals surface area contributed by atoms with Gasteiger partial charge in [-0.05, 0) is 337 Å². The van der Waals surface area contributed by atoms with Crippen molar-refractivity contribution in [2.24, 2.45) is 115 Å². The van der Waals surface area contributed by atoms with Gasteiger partial charge in [0, 0.05) is 40.1 Å². The fraction of sp³-hybridized carbons (Fsp3) is 0.811. The van der Waals surface area contributed by atoms with Gasteiger partial charge in [0.05, 0.1) is 74.7 Å². The van der Waals surface area contributed by atoms with E-state index >= 15 is 0 Å². The molecule has 12 saturated carbocycles. The topological polar surface area (TPSA) is 429 Å². The highest BCUT2D eigenvalue weighted by Gasteiger charge is 2.68. The van der Waals surface area contributed by atoms with Crippen molar-refractivity contribution in [1.82, 2.24) is 0 Å². The van der Waals surface area contributed by atoms with Gasteiger partial charge in [-0.1, -0.05) is 132 Å². The van der Waals surface area contributed by atoms with Crippen LogP contribution < -0.4 is 0 Å². The molecule has 0 spiro atoms. The fourth-order valence-corrected chi connectivity index (χ4v) is 32.6. The number of rotatable bonds is 32. The minimum atomic E-state index is -4.30. The van der Waals surface area contributed by atoms with Gasteiger partial charge in [0.25, 0.3) is 20.2 Å². The predicted molar refractivity (Wildman–Crippen MR) is 562 cm³/mol. The summed E-state index contributed by atoms with van der Waals surface area (Å²) in [6.07, 6.45) is 24.4. The molecule has 12 aliphatic carbocycles. The summed E-state index contributed by atoms with van der Waals surface area (Å²) in [5.41, 5.74) is -0.983. The van der Waals surface area contributed by atoms with Crippen LogP contribution in [0.1, 0.15) is 350 Å². The second-order valence-electron chi connectivity index (χ2n) is 49.1. The van der Waals surface area contributed by atoms with E-state index in [1.165, 1.54) is 125 Å². The smallest absolute Gasteiger partial charge is 0.344 e. The van der Waals surface area contributed by atoms with Crippen molar-refractivity contribution >= 4 is 116 Å². The van der Waals surface area contributed by atoms with E-state index in [0.29, 0.717) is 114 Å². The van der Waals surface area contributed by atoms with E-state index in [4.69, 9.17) is 36.8 Å². The van der Waals surface area contributed by atoms with E-state index in [9.17, 15) is 85.9 Å². The van der Waals surface area contributed by atoms with Crippen LogP contribution in [0.5, 0.6) is 0 Å². The maximum absolute atomic E-state index is 12.8. The molecule has 16 fully saturated rings. The van der Waals surface area contributed by atoms with E-state index in [1.54, 1.807) is 60.3 Å². The molecule has 830 valence electrons. The highest BCUT2D eigenvalue weighted by Crippen LogP contribution is 2.65. The van der Waals surface area contributed by atoms with Gasteiger partial charge in [0.2, 0.25) is 5.78 Å². The van der Waals surface area contributed by atoms with Gasteiger partial charge in [-0.25, -0.2) is 26.4 Å². The predicted octanol–water partition coefficient (Wildman–Crippen LogP) is 19.1. The van der Waals surface area contributed by atoms with Crippen molar-refractivity contribution in [1.29, 1.82) is 0 Å². The Morgan fingerprint density at radius 1 is 0.404 bits per heavy atom. The Morgan fingerprint density at radius 3 is 1.01 bits per heavy atom. The van der Waals surface area contributed by atoms with Crippen LogP contribution in [0.15, 0.2) is 59.5 Å². The van der Waals surface area contributed by atoms with Crippen molar-refractivity contribution in [3.05, 3.63) is 65.7 Å². The highest BCUT2D eigenvalue weighted by molar-refractivity contribution is 7.97. The maximum atomic E-state index is 12.8. The Labute approximate surface area is 879 Å². The molecule has 4 heterocycles. The summed E-state index contributed by atoms with van der Waals surface area (Å²) in [7, 11) is -14.7. The maximum Gasteiger partial charge on any atom is 0.344 e. The number of esters is 8. The SMILES string of the molecule is CC(C)(C)c1ccc([S+]2CCCCC2)cc1.CCC(C)(C)C(=O)OC1(C(C)C)C2CC3CC(C2)CC1C3.CCC(C)(C)C(=O)OC1(C(C)C)C2CC3CC(C2)CC1C3.CCC(C)(C)C(=O)OCC(=O)OC1C2CC3C1OS(=O)(=O)C3C2.CCC(C)(C)C(=O)OCC(=O)OC1C2CC3C1OS(=O)(=O)C3C2.CCC(C)(C)C(=O)OCCS(=O)(=O)[O-].CCC(C)(C)C(=O)OCCS(=O)(=O)[O-].O=C(C[S+]1CCCC1)c1ccccc1. The molecule has 2 aromatic rings. The van der Waals surface area contributed by atoms with Crippen LogP contribution in [-0.4, -0.2) is 209 Å². The summed E-state index contributed by atoms with van der Waals surface area (Å²) >= 11 is 0. The molecular weight excluding hydrogens is 1990 g/mol. The third-order valence-electron chi connectivity index (χ3n) is 34.8. The lowest BCUT2D eigenvalue weighted by molar-refractivity contribution is -0.232. The van der Waals surface area contributed by atoms with Crippen molar-refractivity contribution < 1.29 is 132 Å². The third kappa shape index (κ3) is 31.5. The number of hydrogen-bond acceptors (Lipinski definition) is 29. The summed E-state index contributed by atoms with van der Waals surface area (Å²) in [5.74, 6) is 8.91. The number of benzene rings is 2. The molecule has 0 aromatic heterocycles. The summed E-state index contributed by atoms with van der Waals surface area (Å²) < 4.78 is 162. The largest absolute Gasteiger partial charge is 0.748 e. The average Bonchev–Trinajstić information content (AvgIpc) is 1.52. The number of carbonyl (C=O) groups excluding carboxylic acids is 9. The number of fused-ring (bicyclic) bond motifs is 2. The van der Waals surface area contributed by atoms with Crippen LogP contribution >= 0.6 is 0 Å². The molecule has 4 saturated heterocycles. The van der Waals surface area contributed by atoms with Crippen LogP contribution in [0.25, 0.3) is 0 Å². The zero-order valence-electron chi connectivity index (χ0n) is 92.0. The molecule has 0 N–H and O–H groups in total. The van der Waals surface area contributed by atoms with E-state index in [0.717, 1.165) is 47.8 Å². The summed E-state index contributed by atoms with van der Waals surface area (Å²) in [6.45, 7) is 47.7. The van der Waals surface area contributed by atoms with Crippen molar-refractivity contribution in [2.45, 2.75) is 390 Å². The molecule has 16 aliphatic rings. The minimum Gasteiger partial charge on any atom is -0.748 e. The van der Waals surface area contributed by atoms with Crippen LogP contribution in [0.3, 0.4) is 0 Å². The Morgan fingerprint density at radius 2 is 0.712 bits per heavy atom. The van der Waals surface area contributed by atoms with Gasteiger partial charge < -0.3 is 47.0 Å². The third-order valence-corrected chi connectivity index (χ3v) is 44.6. The van der Waals surface area contributed by atoms with Gasteiger partial charge in [-0.2, -0.15) is 16.8 Å². The molecule has 2 aromatic carbocycles. The van der Waals surface area contributed by atoms with E-state index < -0.39 is 158 Å². The first-order valence-corrected chi connectivity index (χ1v) is 63.4. The van der Waals surface area contributed by atoms with Gasteiger partial charge in [-0.3, -0.25) is 41.9 Å². The normalized spacial score (nSPS) is 29.7. The minimum absolute atomic E-state index is 0.0130. The molecule has 0 radical (unpaired) electrons. The lowest BCUT2D eigenvalue weighted by Crippen LogP contribution is -2.63. The molecule has 29 nitrogen and oxygen atoms in total. The van der Waals surface area contributed by atoms with E-state index in [2.05, 4.69) is 96.1 Å². The van der Waals surface area contributed by atoms with Gasteiger partial charge in [0.15, 0.2) is 23.9 Å². The van der Waals surface area contributed by atoms with E-state index in [1.807, 2.05) is 85.7 Å². The summed E-state index contributed by atoms with van der Waals surface area (Å²) in [4.78, 5) is 109. The van der Waals surface area contributed by atoms with Crippen molar-refractivity contribution in [3.8, 4) is 0 Å². The lowest BCUT2D eigenvalue weighted by Gasteiger charge is -2.62. The fourth-order valence-electron chi connectivity index (χ4n) is 23.7. The van der Waals surface area contributed by atoms with Crippen molar-refractivity contribution in [3.63, 3.8) is 0 Å². The number of ketones is 1. The average molecular weight is 2170 g/mol. The van der Waals surface area contributed by atoms with Crippen LogP contribution in [0.2, 0.25) is 0 Å². The second-order valence-corrected chi connectivity index (χ2v) is 60.3. The molecule has 0 amide bonds. The zero-order valence-corrected chi connectivity index (χ0v) is 96.9. The first-order valence-electron chi connectivity index (χ1n) is 54.0. The Hall–Kier alpha value is -5.79. The number of carbonyl (C=O) groups is 9. The van der Waals surface area contributed by atoms with Crippen molar-refractivity contribution in [2.75, 3.05) is 66.7 Å². The van der Waals surface area contributed by atoms with Gasteiger partial charge in [-0.15, -0.1) is 0 Å². The Kier molecular flexibility index (Phi) is 42.9. The monoisotopic (exact) mass is 2170 g/mol. The first kappa shape index (κ1) is 124. The first-order chi connectivity index (χ1) is 67.7. The standard InChI is InChI=1S/2C19H32O2.2C15H22O7S.C15H23S.C12H15OS.2C8H16O5S/c2*1-6-18(4,5)17(20)21-19(12(2)3)15-8-13-7-14(10-15)11-16(19)9-13;2*1-4-15(2,3)14(17)20-7-11(16)21-12-8-5-9-10(6-8)23(18,19)22-13(9)12;1-15(2,3)13-7-9-14(10-8-13)16-11-5-4-6-12-16;13-12(10-14-8-4-5-9-14)11-6-2-1-3-7-11;2*1-4-8(2,3)7(9)13-5-6-14(10,11)12/h2*12-16H,6-11H2,1-5H3;2*8-10,12-13H,4-7H2,1-3H3;7-10H,4-6,11-12H2,1-3H3;1-3,6-7H,4-5,8-10H2;2*4-6H2,1-3H3,(H,10,11,12)/q;;;;2*+1;;/p-2. The van der Waals surface area contributed by atoms with Gasteiger partial charge >= 0.3 is 47.8 Å². The molecule has 10 atom stereocenters. The molecule has 18 rings (SSSR count). The number of Topliss-reactive ketones (excluding diaryl/α,β-unsaturated/α-hetero) is 1. The molecule has 4 aliphatic heterocycles. The van der Waals surface area contributed by atoms with Gasteiger partial charge in [0.1, 0.15) is 71.8 Å². The van der Waals surface area contributed by atoms with Crippen LogP contribution in [0.4, 0.5) is 0 Å². The summed E-state index contributed by atoms with van der Waals surface area (Å²) in [6, 6.07) is 19.1. The molecule has 10 unspecified atom stereocenters. The zero-order chi connectivity index (χ0) is 109. The molecule has 35 heteroatoms.